The Balaban J connectivity index is 2.43. The highest BCUT2D eigenvalue weighted by molar-refractivity contribution is 5.00. The fourth-order valence-electron chi connectivity index (χ4n) is 1.67. The summed E-state index contributed by atoms with van der Waals surface area (Å²) < 4.78 is 0. The van der Waals surface area contributed by atoms with Gasteiger partial charge in [-0.3, -0.25) is 4.90 Å². The van der Waals surface area contributed by atoms with Crippen molar-refractivity contribution in [2.75, 3.05) is 19.6 Å². The number of nitrogens with zero attached hydrogens (tertiary/aromatic N) is 1. The maximum absolute atomic E-state index is 3.54. The van der Waals surface area contributed by atoms with Crippen molar-refractivity contribution in [3.05, 3.63) is 0 Å². The molecule has 0 bridgehead atoms. The van der Waals surface area contributed by atoms with E-state index in [1.54, 1.807) is 0 Å². The molecular weight excluding hydrogens is 160 g/mol. The van der Waals surface area contributed by atoms with Gasteiger partial charge in [0.1, 0.15) is 0 Å². The van der Waals surface area contributed by atoms with Gasteiger partial charge in [0.05, 0.1) is 6.54 Å². The van der Waals surface area contributed by atoms with Crippen LogP contribution in [0.4, 0.5) is 0 Å². The van der Waals surface area contributed by atoms with Gasteiger partial charge in [-0.05, 0) is 20.3 Å². The summed E-state index contributed by atoms with van der Waals surface area (Å²) in [7, 11) is 0. The van der Waals surface area contributed by atoms with E-state index in [-0.39, 0.29) is 0 Å². The van der Waals surface area contributed by atoms with Gasteiger partial charge in [-0.15, -0.1) is 5.92 Å². The van der Waals surface area contributed by atoms with Crippen LogP contribution in [0.25, 0.3) is 0 Å². The van der Waals surface area contributed by atoms with Crippen molar-refractivity contribution in [2.45, 2.75) is 39.3 Å². The molecule has 2 unspecified atom stereocenters. The molecule has 1 heterocycles. The second-order valence-corrected chi connectivity index (χ2v) is 3.72. The van der Waals surface area contributed by atoms with E-state index in [0.29, 0.717) is 12.1 Å². The smallest absolute Gasteiger partial charge is 0.0604 e. The Kier molecular flexibility index (Phi) is 4.27. The molecule has 1 fully saturated rings. The standard InChI is InChI=1S/C11H20N2/c1-4-6-7-13-9-11(5-2)12-8-10(13)3/h10-12H,5,7-9H2,1-3H3. The number of piperazine rings is 1. The minimum absolute atomic E-state index is 0.628. The van der Waals surface area contributed by atoms with Crippen LogP contribution in [0.2, 0.25) is 0 Å². The summed E-state index contributed by atoms with van der Waals surface area (Å²) in [5.41, 5.74) is 0. The first kappa shape index (κ1) is 10.6. The van der Waals surface area contributed by atoms with Crippen molar-refractivity contribution in [1.29, 1.82) is 0 Å². The van der Waals surface area contributed by atoms with Gasteiger partial charge in [0.2, 0.25) is 0 Å². The molecular formula is C11H20N2. The Bertz CT molecular complexity index is 202. The molecule has 74 valence electrons. The summed E-state index contributed by atoms with van der Waals surface area (Å²) in [6.07, 6.45) is 1.21. The summed E-state index contributed by atoms with van der Waals surface area (Å²) in [6.45, 7) is 9.57. The van der Waals surface area contributed by atoms with Gasteiger partial charge in [-0.25, -0.2) is 0 Å². The molecule has 0 amide bonds. The highest BCUT2D eigenvalue weighted by Gasteiger charge is 2.22. The van der Waals surface area contributed by atoms with Crippen molar-refractivity contribution in [2.24, 2.45) is 0 Å². The van der Waals surface area contributed by atoms with E-state index in [9.17, 15) is 0 Å². The topological polar surface area (TPSA) is 15.3 Å². The lowest BCUT2D eigenvalue weighted by Gasteiger charge is -2.37. The molecule has 0 radical (unpaired) electrons. The second-order valence-electron chi connectivity index (χ2n) is 3.72. The number of nitrogens with one attached hydrogen (secondary N) is 1. The first-order valence-electron chi connectivity index (χ1n) is 5.15. The molecule has 1 aliphatic heterocycles. The third-order valence-corrected chi connectivity index (χ3v) is 2.73. The summed E-state index contributed by atoms with van der Waals surface area (Å²) in [5.74, 6) is 6.10. The van der Waals surface area contributed by atoms with Crippen molar-refractivity contribution >= 4 is 0 Å². The Hall–Kier alpha value is -0.520. The van der Waals surface area contributed by atoms with Crippen LogP contribution in [0.15, 0.2) is 0 Å². The molecule has 2 heteroatoms. The molecule has 1 aliphatic rings. The van der Waals surface area contributed by atoms with Crippen molar-refractivity contribution in [3.63, 3.8) is 0 Å². The molecule has 0 aromatic heterocycles. The van der Waals surface area contributed by atoms with Crippen molar-refractivity contribution < 1.29 is 0 Å². The zero-order valence-corrected chi connectivity index (χ0v) is 8.93. The molecule has 1 N–H and O–H groups in total. The highest BCUT2D eigenvalue weighted by Crippen LogP contribution is 2.07. The van der Waals surface area contributed by atoms with Crippen LogP contribution in [0, 0.1) is 11.8 Å². The van der Waals surface area contributed by atoms with Crippen molar-refractivity contribution in [1.82, 2.24) is 10.2 Å². The van der Waals surface area contributed by atoms with E-state index >= 15 is 0 Å². The summed E-state index contributed by atoms with van der Waals surface area (Å²) in [6, 6.07) is 1.29. The fourth-order valence-corrected chi connectivity index (χ4v) is 1.67. The number of rotatable bonds is 2. The van der Waals surface area contributed by atoms with E-state index in [1.165, 1.54) is 6.42 Å². The molecule has 13 heavy (non-hydrogen) atoms. The Morgan fingerprint density at radius 3 is 2.92 bits per heavy atom. The lowest BCUT2D eigenvalue weighted by molar-refractivity contribution is 0.157. The highest BCUT2D eigenvalue weighted by atomic mass is 15.2. The van der Waals surface area contributed by atoms with Crippen LogP contribution in [-0.2, 0) is 0 Å². The average molecular weight is 180 g/mol. The first-order valence-corrected chi connectivity index (χ1v) is 5.15. The third kappa shape index (κ3) is 3.02. The van der Waals surface area contributed by atoms with E-state index in [1.807, 2.05) is 6.92 Å². The van der Waals surface area contributed by atoms with E-state index in [0.717, 1.165) is 19.6 Å². The SMILES string of the molecule is CC#CCN1CC(CC)NCC1C. The molecule has 0 aromatic carbocycles. The maximum atomic E-state index is 3.54. The zero-order chi connectivity index (χ0) is 9.68. The van der Waals surface area contributed by atoms with E-state index in [2.05, 4.69) is 35.9 Å². The molecule has 2 atom stereocenters. The predicted octanol–water partition coefficient (Wildman–Crippen LogP) is 1.08. The van der Waals surface area contributed by atoms with Crippen LogP contribution in [0.5, 0.6) is 0 Å². The number of hydrogen-bond acceptors (Lipinski definition) is 2. The van der Waals surface area contributed by atoms with Gasteiger partial charge in [-0.2, -0.15) is 0 Å². The monoisotopic (exact) mass is 180 g/mol. The summed E-state index contributed by atoms with van der Waals surface area (Å²) >= 11 is 0. The molecule has 0 aromatic rings. The minimum atomic E-state index is 0.628. The molecule has 0 saturated carbocycles. The van der Waals surface area contributed by atoms with Crippen LogP contribution >= 0.6 is 0 Å². The van der Waals surface area contributed by atoms with Crippen LogP contribution in [0.1, 0.15) is 27.2 Å². The quantitative estimate of drug-likeness (QED) is 0.640. The second kappa shape index (κ2) is 5.26. The Labute approximate surface area is 81.7 Å². The van der Waals surface area contributed by atoms with Crippen LogP contribution in [0.3, 0.4) is 0 Å². The maximum Gasteiger partial charge on any atom is 0.0604 e. The van der Waals surface area contributed by atoms with Crippen LogP contribution in [-0.4, -0.2) is 36.6 Å². The lowest BCUT2D eigenvalue weighted by atomic mass is 10.1. The predicted molar refractivity (Wildman–Crippen MR) is 56.6 cm³/mol. The van der Waals surface area contributed by atoms with E-state index < -0.39 is 0 Å². The fraction of sp³-hybridized carbons (Fsp3) is 0.818. The molecule has 2 nitrogen and oxygen atoms in total. The zero-order valence-electron chi connectivity index (χ0n) is 8.93. The Morgan fingerprint density at radius 2 is 2.31 bits per heavy atom. The van der Waals surface area contributed by atoms with Gasteiger partial charge in [-0.1, -0.05) is 12.8 Å². The van der Waals surface area contributed by atoms with Gasteiger partial charge < -0.3 is 5.32 Å². The third-order valence-electron chi connectivity index (χ3n) is 2.73. The van der Waals surface area contributed by atoms with Crippen molar-refractivity contribution in [3.8, 4) is 11.8 Å². The molecule has 0 spiro atoms. The first-order chi connectivity index (χ1) is 6.27. The summed E-state index contributed by atoms with van der Waals surface area (Å²) in [5, 5.41) is 3.54. The molecule has 1 saturated heterocycles. The number of hydrogen-bond donors (Lipinski definition) is 1. The normalized spacial score (nSPS) is 29.5. The lowest BCUT2D eigenvalue weighted by Crippen LogP contribution is -2.55. The molecule has 0 aliphatic carbocycles. The van der Waals surface area contributed by atoms with E-state index in [4.69, 9.17) is 0 Å². The minimum Gasteiger partial charge on any atom is -0.311 e. The average Bonchev–Trinajstić information content (AvgIpc) is 2.17. The van der Waals surface area contributed by atoms with Crippen LogP contribution < -0.4 is 5.32 Å². The van der Waals surface area contributed by atoms with Gasteiger partial charge in [0, 0.05) is 25.2 Å². The van der Waals surface area contributed by atoms with Gasteiger partial charge in [0.25, 0.3) is 0 Å². The summed E-state index contributed by atoms with van der Waals surface area (Å²) in [4.78, 5) is 2.46. The Morgan fingerprint density at radius 1 is 1.54 bits per heavy atom. The largest absolute Gasteiger partial charge is 0.311 e. The van der Waals surface area contributed by atoms with Gasteiger partial charge in [0.15, 0.2) is 0 Å². The van der Waals surface area contributed by atoms with Gasteiger partial charge >= 0.3 is 0 Å². The molecule has 1 rings (SSSR count).